The van der Waals surface area contributed by atoms with E-state index in [4.69, 9.17) is 4.74 Å². The van der Waals surface area contributed by atoms with Crippen LogP contribution in [-0.2, 0) is 6.42 Å². The van der Waals surface area contributed by atoms with Gasteiger partial charge in [-0.15, -0.1) is 0 Å². The van der Waals surface area contributed by atoms with E-state index >= 15 is 0 Å². The van der Waals surface area contributed by atoms with Gasteiger partial charge in [0.2, 0.25) is 0 Å². The molecule has 0 fully saturated rings. The fraction of sp³-hybridized carbons (Fsp3) is 0.235. The smallest absolute Gasteiger partial charge is 0.167 e. The molecule has 0 aromatic heterocycles. The van der Waals surface area contributed by atoms with Gasteiger partial charge in [-0.3, -0.25) is 4.79 Å². The maximum absolute atomic E-state index is 12.3. The van der Waals surface area contributed by atoms with Crippen LogP contribution >= 0.6 is 0 Å². The summed E-state index contributed by atoms with van der Waals surface area (Å²) in [6.45, 7) is 4.02. The maximum Gasteiger partial charge on any atom is 0.167 e. The van der Waals surface area contributed by atoms with Crippen molar-refractivity contribution in [2.24, 2.45) is 0 Å². The van der Waals surface area contributed by atoms with Crippen LogP contribution in [0.5, 0.6) is 5.75 Å². The summed E-state index contributed by atoms with van der Waals surface area (Å²) in [4.78, 5) is 12.3. The molecule has 0 amide bonds. The van der Waals surface area contributed by atoms with Crippen LogP contribution in [0.2, 0.25) is 0 Å². The lowest BCUT2D eigenvalue weighted by atomic mass is 9.96. The van der Waals surface area contributed by atoms with Crippen molar-refractivity contribution in [3.05, 3.63) is 64.7 Å². The SMILES string of the molecule is COc1cccc(CC(=O)c2cccc(C)c2C)c1. The highest BCUT2D eigenvalue weighted by Gasteiger charge is 2.11. The van der Waals surface area contributed by atoms with E-state index in [1.165, 1.54) is 0 Å². The Morgan fingerprint density at radius 1 is 1.11 bits per heavy atom. The zero-order valence-electron chi connectivity index (χ0n) is 11.6. The molecule has 98 valence electrons. The second-order valence-corrected chi connectivity index (χ2v) is 4.70. The Morgan fingerprint density at radius 2 is 1.84 bits per heavy atom. The van der Waals surface area contributed by atoms with E-state index in [9.17, 15) is 4.79 Å². The first-order valence-corrected chi connectivity index (χ1v) is 6.34. The first-order chi connectivity index (χ1) is 9.11. The summed E-state index contributed by atoms with van der Waals surface area (Å²) in [6, 6.07) is 13.5. The molecule has 0 heterocycles. The molecule has 0 saturated heterocycles. The average molecular weight is 254 g/mol. The minimum Gasteiger partial charge on any atom is -0.497 e. The number of hydrogen-bond acceptors (Lipinski definition) is 2. The predicted molar refractivity (Wildman–Crippen MR) is 76.9 cm³/mol. The lowest BCUT2D eigenvalue weighted by molar-refractivity contribution is 0.0992. The van der Waals surface area contributed by atoms with Crippen molar-refractivity contribution in [2.45, 2.75) is 20.3 Å². The molecular weight excluding hydrogens is 236 g/mol. The molecule has 2 heteroatoms. The van der Waals surface area contributed by atoms with Crippen LogP contribution in [0.4, 0.5) is 0 Å². The van der Waals surface area contributed by atoms with Crippen LogP contribution in [0.15, 0.2) is 42.5 Å². The Labute approximate surface area is 114 Å². The van der Waals surface area contributed by atoms with Crippen molar-refractivity contribution < 1.29 is 9.53 Å². The van der Waals surface area contributed by atoms with Crippen molar-refractivity contribution in [2.75, 3.05) is 7.11 Å². The second kappa shape index (κ2) is 5.70. The molecule has 0 N–H and O–H groups in total. The minimum absolute atomic E-state index is 0.148. The van der Waals surface area contributed by atoms with Gasteiger partial charge in [-0.25, -0.2) is 0 Å². The van der Waals surface area contributed by atoms with Gasteiger partial charge in [0.25, 0.3) is 0 Å². The molecule has 0 aliphatic heterocycles. The molecular formula is C17H18O2. The van der Waals surface area contributed by atoms with Crippen molar-refractivity contribution in [1.29, 1.82) is 0 Å². The predicted octanol–water partition coefficient (Wildman–Crippen LogP) is 3.74. The Balaban J connectivity index is 2.23. The third-order valence-electron chi connectivity index (χ3n) is 3.40. The molecule has 0 bridgehead atoms. The molecule has 0 aliphatic carbocycles. The molecule has 2 aromatic rings. The van der Waals surface area contributed by atoms with Crippen molar-refractivity contribution in [1.82, 2.24) is 0 Å². The number of rotatable bonds is 4. The fourth-order valence-electron chi connectivity index (χ4n) is 2.12. The largest absolute Gasteiger partial charge is 0.497 e. The van der Waals surface area contributed by atoms with E-state index in [1.807, 2.05) is 56.3 Å². The minimum atomic E-state index is 0.148. The normalized spacial score (nSPS) is 10.3. The highest BCUT2D eigenvalue weighted by molar-refractivity contribution is 5.99. The van der Waals surface area contributed by atoms with Gasteiger partial charge in [0.15, 0.2) is 5.78 Å². The van der Waals surface area contributed by atoms with Crippen LogP contribution in [0.25, 0.3) is 0 Å². The molecule has 0 atom stereocenters. The monoisotopic (exact) mass is 254 g/mol. The van der Waals surface area contributed by atoms with Crippen molar-refractivity contribution in [3.63, 3.8) is 0 Å². The molecule has 19 heavy (non-hydrogen) atoms. The number of ketones is 1. The van der Waals surface area contributed by atoms with Gasteiger partial charge in [-0.1, -0.05) is 30.3 Å². The number of aryl methyl sites for hydroxylation is 1. The third kappa shape index (κ3) is 3.02. The molecule has 0 radical (unpaired) electrons. The average Bonchev–Trinajstić information content (AvgIpc) is 2.42. The molecule has 0 unspecified atom stereocenters. The Morgan fingerprint density at radius 3 is 2.58 bits per heavy atom. The number of Topliss-reactive ketones (excluding diaryl/α,β-unsaturated/α-hetero) is 1. The van der Waals surface area contributed by atoms with Gasteiger partial charge >= 0.3 is 0 Å². The Hall–Kier alpha value is -2.09. The Kier molecular flexibility index (Phi) is 4.00. The van der Waals surface area contributed by atoms with Crippen LogP contribution in [0.3, 0.4) is 0 Å². The van der Waals surface area contributed by atoms with Crippen molar-refractivity contribution in [3.8, 4) is 5.75 Å². The van der Waals surface area contributed by atoms with E-state index in [-0.39, 0.29) is 5.78 Å². The second-order valence-electron chi connectivity index (χ2n) is 4.70. The summed E-state index contributed by atoms with van der Waals surface area (Å²) in [7, 11) is 1.63. The van der Waals surface area contributed by atoms with E-state index in [2.05, 4.69) is 0 Å². The summed E-state index contributed by atoms with van der Waals surface area (Å²) >= 11 is 0. The zero-order chi connectivity index (χ0) is 13.8. The van der Waals surface area contributed by atoms with E-state index < -0.39 is 0 Å². The topological polar surface area (TPSA) is 26.3 Å². The lowest BCUT2D eigenvalue weighted by Crippen LogP contribution is -2.06. The molecule has 2 rings (SSSR count). The van der Waals surface area contributed by atoms with E-state index in [0.717, 1.165) is 28.0 Å². The summed E-state index contributed by atoms with van der Waals surface area (Å²) in [6.07, 6.45) is 0.404. The number of carbonyl (C=O) groups excluding carboxylic acids is 1. The summed E-state index contributed by atoms with van der Waals surface area (Å²) in [5.41, 5.74) is 4.00. The molecule has 0 saturated carbocycles. The molecule has 2 aromatic carbocycles. The first-order valence-electron chi connectivity index (χ1n) is 6.34. The van der Waals surface area contributed by atoms with Gasteiger partial charge < -0.3 is 4.74 Å². The van der Waals surface area contributed by atoms with Crippen LogP contribution in [-0.4, -0.2) is 12.9 Å². The number of methoxy groups -OCH3 is 1. The third-order valence-corrected chi connectivity index (χ3v) is 3.40. The quantitative estimate of drug-likeness (QED) is 0.777. The first kappa shape index (κ1) is 13.3. The number of hydrogen-bond donors (Lipinski definition) is 0. The highest BCUT2D eigenvalue weighted by atomic mass is 16.5. The molecule has 2 nitrogen and oxygen atoms in total. The number of ether oxygens (including phenoxy) is 1. The summed E-state index contributed by atoms with van der Waals surface area (Å²) in [5.74, 6) is 0.931. The van der Waals surface area contributed by atoms with Gasteiger partial charge in [0.05, 0.1) is 7.11 Å². The Bertz CT molecular complexity index is 600. The van der Waals surface area contributed by atoms with Crippen LogP contribution < -0.4 is 4.74 Å². The summed E-state index contributed by atoms with van der Waals surface area (Å²) in [5, 5.41) is 0. The van der Waals surface area contributed by atoms with Crippen LogP contribution in [0, 0.1) is 13.8 Å². The zero-order valence-corrected chi connectivity index (χ0v) is 11.6. The summed E-state index contributed by atoms with van der Waals surface area (Å²) < 4.78 is 5.17. The van der Waals surface area contributed by atoms with Gasteiger partial charge in [0.1, 0.15) is 5.75 Å². The number of benzene rings is 2. The van der Waals surface area contributed by atoms with Gasteiger partial charge in [-0.2, -0.15) is 0 Å². The number of carbonyl (C=O) groups is 1. The van der Waals surface area contributed by atoms with Crippen molar-refractivity contribution >= 4 is 5.78 Å². The van der Waals surface area contributed by atoms with E-state index in [0.29, 0.717) is 6.42 Å². The fourth-order valence-corrected chi connectivity index (χ4v) is 2.12. The maximum atomic E-state index is 12.3. The highest BCUT2D eigenvalue weighted by Crippen LogP contribution is 2.18. The standard InChI is InChI=1S/C17H18O2/c1-12-6-4-9-16(13(12)2)17(18)11-14-7-5-8-15(10-14)19-3/h4-10H,11H2,1-3H3. The van der Waals surface area contributed by atoms with Gasteiger partial charge in [0, 0.05) is 12.0 Å². The van der Waals surface area contributed by atoms with E-state index in [1.54, 1.807) is 7.11 Å². The van der Waals surface area contributed by atoms with Gasteiger partial charge in [-0.05, 0) is 42.7 Å². The van der Waals surface area contributed by atoms with Crippen LogP contribution in [0.1, 0.15) is 27.0 Å². The lowest BCUT2D eigenvalue weighted by Gasteiger charge is -2.08. The molecule has 0 spiro atoms. The molecule has 0 aliphatic rings.